The van der Waals surface area contributed by atoms with Crippen molar-refractivity contribution in [2.24, 2.45) is 0 Å². The molecule has 2 heteroatoms. The Hall–Kier alpha value is -1.02. The number of rotatable bonds is 2. The molecular formula is C17H26N2. The summed E-state index contributed by atoms with van der Waals surface area (Å²) in [6.07, 6.45) is 6.75. The second kappa shape index (κ2) is 5.16. The molecule has 1 aromatic rings. The van der Waals surface area contributed by atoms with Crippen molar-refractivity contribution in [3.05, 3.63) is 29.3 Å². The maximum Gasteiger partial charge on any atom is 0.0430 e. The van der Waals surface area contributed by atoms with Crippen LogP contribution in [0.2, 0.25) is 0 Å². The number of fused-ring (bicyclic) bond motifs is 2. The Morgan fingerprint density at radius 1 is 1.05 bits per heavy atom. The first-order chi connectivity index (χ1) is 9.20. The Morgan fingerprint density at radius 3 is 2.16 bits per heavy atom. The van der Waals surface area contributed by atoms with E-state index in [1.54, 1.807) is 0 Å². The summed E-state index contributed by atoms with van der Waals surface area (Å²) in [6, 6.07) is 8.92. The lowest BCUT2D eigenvalue weighted by Crippen LogP contribution is -2.56. The predicted molar refractivity (Wildman–Crippen MR) is 81.9 cm³/mol. The minimum atomic E-state index is 0.718. The standard InChI is InChI=1S/C17H26N2/c1-12-6-4-7-13(2)17(12)19-15-8-5-9-16(19)11-14(10-15)18-3/h4,6-7,14-16,18H,5,8-11H2,1-3H3. The van der Waals surface area contributed by atoms with E-state index in [1.165, 1.54) is 48.9 Å². The summed E-state index contributed by atoms with van der Waals surface area (Å²) in [4.78, 5) is 2.77. The minimum Gasteiger partial charge on any atom is -0.365 e. The first-order valence-electron chi connectivity index (χ1n) is 7.72. The molecule has 0 aliphatic carbocycles. The second-order valence-corrected chi connectivity index (χ2v) is 6.34. The van der Waals surface area contributed by atoms with E-state index < -0.39 is 0 Å². The zero-order valence-electron chi connectivity index (χ0n) is 12.4. The lowest BCUT2D eigenvalue weighted by Gasteiger charge is -2.51. The molecule has 0 aromatic heterocycles. The van der Waals surface area contributed by atoms with Crippen molar-refractivity contribution >= 4 is 5.69 Å². The fraction of sp³-hybridized carbons (Fsp3) is 0.647. The maximum atomic E-state index is 3.51. The van der Waals surface area contributed by atoms with Gasteiger partial charge in [0.2, 0.25) is 0 Å². The van der Waals surface area contributed by atoms with E-state index >= 15 is 0 Å². The zero-order valence-corrected chi connectivity index (χ0v) is 12.4. The van der Waals surface area contributed by atoms with Crippen LogP contribution in [0.1, 0.15) is 43.2 Å². The van der Waals surface area contributed by atoms with Crippen molar-refractivity contribution in [1.82, 2.24) is 5.32 Å². The Balaban J connectivity index is 1.96. The minimum absolute atomic E-state index is 0.718. The number of anilines is 1. The molecule has 0 saturated carbocycles. The molecule has 2 atom stereocenters. The molecule has 19 heavy (non-hydrogen) atoms. The van der Waals surface area contributed by atoms with Crippen molar-refractivity contribution in [1.29, 1.82) is 0 Å². The third-order valence-corrected chi connectivity index (χ3v) is 5.08. The molecule has 1 aromatic carbocycles. The molecule has 104 valence electrons. The van der Waals surface area contributed by atoms with Gasteiger partial charge in [0, 0.05) is 23.8 Å². The summed E-state index contributed by atoms with van der Waals surface area (Å²) < 4.78 is 0. The molecule has 0 spiro atoms. The van der Waals surface area contributed by atoms with Crippen molar-refractivity contribution < 1.29 is 0 Å². The molecule has 2 bridgehead atoms. The number of hydrogen-bond donors (Lipinski definition) is 1. The SMILES string of the molecule is CNC1CC2CCCC(C1)N2c1c(C)cccc1C. The average Bonchev–Trinajstić information content (AvgIpc) is 2.38. The number of piperidine rings is 2. The fourth-order valence-corrected chi connectivity index (χ4v) is 4.20. The summed E-state index contributed by atoms with van der Waals surface area (Å²) in [5.74, 6) is 0. The highest BCUT2D eigenvalue weighted by atomic mass is 15.2. The van der Waals surface area contributed by atoms with Gasteiger partial charge in [0.1, 0.15) is 0 Å². The summed E-state index contributed by atoms with van der Waals surface area (Å²) in [5, 5.41) is 3.51. The van der Waals surface area contributed by atoms with Crippen molar-refractivity contribution in [3.8, 4) is 0 Å². The predicted octanol–water partition coefficient (Wildman–Crippen LogP) is 3.41. The summed E-state index contributed by atoms with van der Waals surface area (Å²) in [7, 11) is 2.12. The van der Waals surface area contributed by atoms with Gasteiger partial charge < -0.3 is 10.2 Å². The molecule has 2 unspecified atom stereocenters. The van der Waals surface area contributed by atoms with Gasteiger partial charge in [0.05, 0.1) is 0 Å². The summed E-state index contributed by atoms with van der Waals surface area (Å²) in [6.45, 7) is 4.53. The van der Waals surface area contributed by atoms with Crippen molar-refractivity contribution in [3.63, 3.8) is 0 Å². The molecule has 1 N–H and O–H groups in total. The highest BCUT2D eigenvalue weighted by molar-refractivity contribution is 5.61. The largest absolute Gasteiger partial charge is 0.365 e. The number of hydrogen-bond acceptors (Lipinski definition) is 2. The summed E-state index contributed by atoms with van der Waals surface area (Å²) >= 11 is 0. The van der Waals surface area contributed by atoms with Crippen LogP contribution in [-0.4, -0.2) is 25.2 Å². The third kappa shape index (κ3) is 2.27. The topological polar surface area (TPSA) is 15.3 Å². The Bertz CT molecular complexity index is 420. The monoisotopic (exact) mass is 258 g/mol. The van der Waals surface area contributed by atoms with Gasteiger partial charge in [-0.05, 0) is 64.1 Å². The van der Waals surface area contributed by atoms with E-state index in [2.05, 4.69) is 49.3 Å². The van der Waals surface area contributed by atoms with E-state index in [9.17, 15) is 0 Å². The Kier molecular flexibility index (Phi) is 3.53. The second-order valence-electron chi connectivity index (χ2n) is 6.34. The molecule has 2 nitrogen and oxygen atoms in total. The van der Waals surface area contributed by atoms with Crippen LogP contribution < -0.4 is 10.2 Å². The van der Waals surface area contributed by atoms with Gasteiger partial charge in [0.25, 0.3) is 0 Å². The van der Waals surface area contributed by atoms with Gasteiger partial charge in [-0.3, -0.25) is 0 Å². The molecule has 2 fully saturated rings. The lowest BCUT2D eigenvalue weighted by atomic mass is 9.80. The van der Waals surface area contributed by atoms with E-state index in [1.807, 2.05) is 0 Å². The highest BCUT2D eigenvalue weighted by Crippen LogP contribution is 2.40. The van der Waals surface area contributed by atoms with Crippen LogP contribution in [0, 0.1) is 13.8 Å². The molecule has 2 aliphatic rings. The smallest absolute Gasteiger partial charge is 0.0430 e. The van der Waals surface area contributed by atoms with Crippen LogP contribution in [0.3, 0.4) is 0 Å². The molecule has 2 aliphatic heterocycles. The highest BCUT2D eigenvalue weighted by Gasteiger charge is 2.38. The van der Waals surface area contributed by atoms with Gasteiger partial charge in [0.15, 0.2) is 0 Å². The number of nitrogens with zero attached hydrogens (tertiary/aromatic N) is 1. The average molecular weight is 258 g/mol. The van der Waals surface area contributed by atoms with Crippen LogP contribution in [-0.2, 0) is 0 Å². The van der Waals surface area contributed by atoms with E-state index in [-0.39, 0.29) is 0 Å². The molecule has 2 saturated heterocycles. The van der Waals surface area contributed by atoms with Crippen LogP contribution in [0.25, 0.3) is 0 Å². The molecule has 0 radical (unpaired) electrons. The molecule has 0 amide bonds. The number of nitrogens with one attached hydrogen (secondary N) is 1. The van der Waals surface area contributed by atoms with Crippen LogP contribution >= 0.6 is 0 Å². The zero-order chi connectivity index (χ0) is 13.4. The van der Waals surface area contributed by atoms with E-state index in [4.69, 9.17) is 0 Å². The number of para-hydroxylation sites is 1. The van der Waals surface area contributed by atoms with Gasteiger partial charge in [-0.1, -0.05) is 18.2 Å². The van der Waals surface area contributed by atoms with Crippen molar-refractivity contribution in [2.75, 3.05) is 11.9 Å². The molecular weight excluding hydrogens is 232 g/mol. The van der Waals surface area contributed by atoms with Gasteiger partial charge in [-0.2, -0.15) is 0 Å². The quantitative estimate of drug-likeness (QED) is 0.874. The maximum absolute atomic E-state index is 3.51. The van der Waals surface area contributed by atoms with E-state index in [0.717, 1.165) is 18.1 Å². The van der Waals surface area contributed by atoms with Gasteiger partial charge in [-0.15, -0.1) is 0 Å². The first kappa shape index (κ1) is 13.0. The van der Waals surface area contributed by atoms with E-state index in [0.29, 0.717) is 0 Å². The normalized spacial score (nSPS) is 30.5. The van der Waals surface area contributed by atoms with Crippen LogP contribution in [0.5, 0.6) is 0 Å². The number of benzene rings is 1. The summed E-state index contributed by atoms with van der Waals surface area (Å²) in [5.41, 5.74) is 4.41. The number of aryl methyl sites for hydroxylation is 2. The van der Waals surface area contributed by atoms with Gasteiger partial charge >= 0.3 is 0 Å². The Labute approximate surface area is 117 Å². The first-order valence-corrected chi connectivity index (χ1v) is 7.72. The van der Waals surface area contributed by atoms with Crippen LogP contribution in [0.15, 0.2) is 18.2 Å². The van der Waals surface area contributed by atoms with Crippen LogP contribution in [0.4, 0.5) is 5.69 Å². The molecule has 2 heterocycles. The lowest BCUT2D eigenvalue weighted by molar-refractivity contribution is 0.252. The molecule has 3 rings (SSSR count). The fourth-order valence-electron chi connectivity index (χ4n) is 4.20. The van der Waals surface area contributed by atoms with Crippen molar-refractivity contribution in [2.45, 2.75) is 64.1 Å². The third-order valence-electron chi connectivity index (χ3n) is 5.08. The van der Waals surface area contributed by atoms with Gasteiger partial charge in [-0.25, -0.2) is 0 Å². The Morgan fingerprint density at radius 2 is 1.63 bits per heavy atom.